The zero-order chi connectivity index (χ0) is 31.9. The lowest BCUT2D eigenvalue weighted by atomic mass is 10.0. The first kappa shape index (κ1) is 32.8. The van der Waals surface area contributed by atoms with Crippen molar-refractivity contribution >= 4 is 39.1 Å². The number of para-hydroxylation sites is 1. The molecule has 230 valence electrons. The molecule has 0 aliphatic heterocycles. The van der Waals surface area contributed by atoms with Gasteiger partial charge in [0, 0.05) is 23.5 Å². The van der Waals surface area contributed by atoms with Crippen LogP contribution in [-0.2, 0) is 32.6 Å². The number of aryl methyl sites for hydroxylation is 1. The number of carbonyl (C=O) groups is 2. The molecule has 0 aliphatic carbocycles. The number of benzene rings is 4. The van der Waals surface area contributed by atoms with E-state index in [2.05, 4.69) is 5.32 Å². The topological polar surface area (TPSA) is 86.8 Å². The lowest BCUT2D eigenvalue weighted by Crippen LogP contribution is -2.56. The van der Waals surface area contributed by atoms with Crippen molar-refractivity contribution in [3.8, 4) is 0 Å². The molecule has 0 saturated carbocycles. The molecule has 44 heavy (non-hydrogen) atoms. The van der Waals surface area contributed by atoms with Crippen molar-refractivity contribution in [3.63, 3.8) is 0 Å². The normalized spacial score (nSPS) is 12.3. The maximum atomic E-state index is 14.5. The Labute approximate surface area is 265 Å². The second-order valence-corrected chi connectivity index (χ2v) is 14.1. The predicted octanol–water partition coefficient (Wildman–Crippen LogP) is 6.40. The van der Waals surface area contributed by atoms with Gasteiger partial charge in [0.1, 0.15) is 12.6 Å². The largest absolute Gasteiger partial charge is 0.350 e. The van der Waals surface area contributed by atoms with Gasteiger partial charge in [0.05, 0.1) is 10.6 Å². The summed E-state index contributed by atoms with van der Waals surface area (Å²) in [5, 5.41) is 3.43. The third-order valence-corrected chi connectivity index (χ3v) is 9.01. The average Bonchev–Trinajstić information content (AvgIpc) is 2.98. The van der Waals surface area contributed by atoms with Crippen molar-refractivity contribution in [1.82, 2.24) is 10.2 Å². The van der Waals surface area contributed by atoms with Crippen molar-refractivity contribution in [2.75, 3.05) is 10.8 Å². The molecule has 4 aromatic carbocycles. The van der Waals surface area contributed by atoms with Gasteiger partial charge in [-0.05, 0) is 75.2 Å². The molecule has 9 heteroatoms. The fraction of sp³-hybridized carbons (Fsp3) is 0.257. The summed E-state index contributed by atoms with van der Waals surface area (Å²) >= 11 is 6.04. The molecule has 0 saturated heterocycles. The lowest BCUT2D eigenvalue weighted by molar-refractivity contribution is -0.140. The fourth-order valence-electron chi connectivity index (χ4n) is 4.75. The molecule has 4 aromatic rings. The summed E-state index contributed by atoms with van der Waals surface area (Å²) < 4.78 is 29.1. The van der Waals surface area contributed by atoms with E-state index in [9.17, 15) is 18.0 Å². The number of carbonyl (C=O) groups excluding carboxylic acids is 2. The molecule has 0 bridgehead atoms. The van der Waals surface area contributed by atoms with Gasteiger partial charge in [-0.3, -0.25) is 13.9 Å². The first-order valence-electron chi connectivity index (χ1n) is 14.4. The Hall–Kier alpha value is -4.14. The van der Waals surface area contributed by atoms with E-state index in [1.807, 2.05) is 82.3 Å². The minimum Gasteiger partial charge on any atom is -0.350 e. The van der Waals surface area contributed by atoms with Crippen LogP contribution in [0.3, 0.4) is 0 Å². The first-order chi connectivity index (χ1) is 20.8. The Bertz CT molecular complexity index is 1660. The number of hydrogen-bond acceptors (Lipinski definition) is 4. The van der Waals surface area contributed by atoms with Crippen LogP contribution >= 0.6 is 11.6 Å². The van der Waals surface area contributed by atoms with Crippen molar-refractivity contribution in [3.05, 3.63) is 131 Å². The van der Waals surface area contributed by atoms with Crippen LogP contribution in [0, 0.1) is 6.92 Å². The van der Waals surface area contributed by atoms with E-state index in [0.29, 0.717) is 10.7 Å². The van der Waals surface area contributed by atoms with Crippen molar-refractivity contribution in [2.24, 2.45) is 0 Å². The summed E-state index contributed by atoms with van der Waals surface area (Å²) in [7, 11) is -4.18. The number of rotatable bonds is 11. The molecule has 0 unspecified atom stereocenters. The van der Waals surface area contributed by atoms with E-state index in [4.69, 9.17) is 11.6 Å². The van der Waals surface area contributed by atoms with Crippen LogP contribution in [0.4, 0.5) is 5.69 Å². The number of sulfonamides is 1. The monoisotopic (exact) mass is 631 g/mol. The van der Waals surface area contributed by atoms with Crippen LogP contribution in [0.15, 0.2) is 114 Å². The highest BCUT2D eigenvalue weighted by Crippen LogP contribution is 2.26. The second kappa shape index (κ2) is 14.1. The van der Waals surface area contributed by atoms with Crippen LogP contribution in [0.1, 0.15) is 37.5 Å². The summed E-state index contributed by atoms with van der Waals surface area (Å²) in [5.74, 6) is -0.842. The van der Waals surface area contributed by atoms with Gasteiger partial charge >= 0.3 is 0 Å². The Morgan fingerprint density at radius 3 is 1.93 bits per heavy atom. The Morgan fingerprint density at radius 1 is 0.795 bits per heavy atom. The summed E-state index contributed by atoms with van der Waals surface area (Å²) in [4.78, 5) is 29.8. The van der Waals surface area contributed by atoms with Crippen LogP contribution in [0.5, 0.6) is 0 Å². The average molecular weight is 632 g/mol. The number of anilines is 1. The molecule has 0 aliphatic rings. The highest BCUT2D eigenvalue weighted by molar-refractivity contribution is 7.92. The standard InChI is InChI=1S/C35H38ClN3O4S/c1-26-15-17-28(18-16-26)24-38(32(34(41)37-35(2,3)4)23-27-11-7-5-8-12-27)33(40)25-39(30-13-9-6-10-14-30)44(42,43)31-21-19-29(36)20-22-31/h5-22,32H,23-25H2,1-4H3,(H,37,41)/t32-/m0/s1. The van der Waals surface area contributed by atoms with Gasteiger partial charge in [-0.15, -0.1) is 0 Å². The Balaban J connectivity index is 1.79. The smallest absolute Gasteiger partial charge is 0.264 e. The molecule has 2 amide bonds. The van der Waals surface area contributed by atoms with E-state index in [1.54, 1.807) is 30.3 Å². The van der Waals surface area contributed by atoms with Crippen molar-refractivity contribution < 1.29 is 18.0 Å². The fourth-order valence-corrected chi connectivity index (χ4v) is 6.29. The number of nitrogens with zero attached hydrogens (tertiary/aromatic N) is 2. The van der Waals surface area contributed by atoms with Crippen LogP contribution in [0.2, 0.25) is 5.02 Å². The van der Waals surface area contributed by atoms with Crippen LogP contribution < -0.4 is 9.62 Å². The molecule has 4 rings (SSSR count). The third-order valence-electron chi connectivity index (χ3n) is 6.97. The number of nitrogens with one attached hydrogen (secondary N) is 1. The summed E-state index contributed by atoms with van der Waals surface area (Å²) in [5.41, 5.74) is 2.51. The van der Waals surface area contributed by atoms with Crippen molar-refractivity contribution in [2.45, 2.75) is 57.1 Å². The maximum absolute atomic E-state index is 14.5. The molecule has 0 heterocycles. The minimum absolute atomic E-state index is 0.00468. The lowest BCUT2D eigenvalue weighted by Gasteiger charge is -2.35. The number of halogens is 1. The Morgan fingerprint density at radius 2 is 1.36 bits per heavy atom. The molecule has 7 nitrogen and oxygen atoms in total. The first-order valence-corrected chi connectivity index (χ1v) is 16.2. The minimum atomic E-state index is -4.18. The SMILES string of the molecule is Cc1ccc(CN(C(=O)CN(c2ccccc2)S(=O)(=O)c2ccc(Cl)cc2)[C@@H](Cc2ccccc2)C(=O)NC(C)(C)C)cc1. The van der Waals surface area contributed by atoms with Crippen molar-refractivity contribution in [1.29, 1.82) is 0 Å². The third kappa shape index (κ3) is 8.71. The number of amides is 2. The van der Waals surface area contributed by atoms with Gasteiger partial charge in [0.25, 0.3) is 10.0 Å². The van der Waals surface area contributed by atoms with Gasteiger partial charge in [0.2, 0.25) is 11.8 Å². The van der Waals surface area contributed by atoms with Gasteiger partial charge < -0.3 is 10.2 Å². The van der Waals surface area contributed by atoms with E-state index in [-0.39, 0.29) is 23.8 Å². The molecule has 1 N–H and O–H groups in total. The zero-order valence-corrected chi connectivity index (χ0v) is 27.0. The van der Waals surface area contributed by atoms with E-state index < -0.39 is 34.1 Å². The van der Waals surface area contributed by atoms with Gasteiger partial charge in [-0.1, -0.05) is 90.0 Å². The molecule has 0 radical (unpaired) electrons. The highest BCUT2D eigenvalue weighted by Gasteiger charge is 2.35. The summed E-state index contributed by atoms with van der Waals surface area (Å²) in [6.45, 7) is 7.21. The molecular weight excluding hydrogens is 594 g/mol. The molecule has 0 fully saturated rings. The highest BCUT2D eigenvalue weighted by atomic mass is 35.5. The predicted molar refractivity (Wildman–Crippen MR) is 176 cm³/mol. The van der Waals surface area contributed by atoms with Gasteiger partial charge in [-0.25, -0.2) is 8.42 Å². The molecule has 0 spiro atoms. The molecule has 1 atom stereocenters. The zero-order valence-electron chi connectivity index (χ0n) is 25.4. The van der Waals surface area contributed by atoms with Crippen LogP contribution in [-0.4, -0.2) is 43.3 Å². The second-order valence-electron chi connectivity index (χ2n) is 11.8. The van der Waals surface area contributed by atoms with Gasteiger partial charge in [0.15, 0.2) is 0 Å². The summed E-state index contributed by atoms with van der Waals surface area (Å²) in [6, 6.07) is 30.6. The Kier molecular flexibility index (Phi) is 10.5. The van der Waals surface area contributed by atoms with E-state index >= 15 is 0 Å². The number of hydrogen-bond donors (Lipinski definition) is 1. The molecular formula is C35H38ClN3O4S. The van der Waals surface area contributed by atoms with E-state index in [0.717, 1.165) is 21.0 Å². The van der Waals surface area contributed by atoms with Crippen LogP contribution in [0.25, 0.3) is 0 Å². The summed E-state index contributed by atoms with van der Waals surface area (Å²) in [6.07, 6.45) is 0.246. The van der Waals surface area contributed by atoms with E-state index in [1.165, 1.54) is 29.2 Å². The molecule has 0 aromatic heterocycles. The van der Waals surface area contributed by atoms with Gasteiger partial charge in [-0.2, -0.15) is 0 Å². The maximum Gasteiger partial charge on any atom is 0.264 e. The quantitative estimate of drug-likeness (QED) is 0.208.